The third-order valence-electron chi connectivity index (χ3n) is 3.95. The molecule has 4 heteroatoms. The molecule has 1 heterocycles. The molecule has 21 heavy (non-hydrogen) atoms. The molecule has 1 aromatic heterocycles. The minimum absolute atomic E-state index is 0.0300. The van der Waals surface area contributed by atoms with E-state index >= 15 is 0 Å². The lowest BCUT2D eigenvalue weighted by atomic mass is 10.1. The molecule has 2 aromatic rings. The molecule has 3 nitrogen and oxygen atoms in total. The van der Waals surface area contributed by atoms with Crippen LogP contribution in [0.5, 0.6) is 0 Å². The number of hydrogen-bond acceptors (Lipinski definition) is 3. The Morgan fingerprint density at radius 2 is 2.24 bits per heavy atom. The first-order valence-electron chi connectivity index (χ1n) is 7.10. The number of rotatable bonds is 3. The number of carbonyl (C=O) groups is 1. The van der Waals surface area contributed by atoms with E-state index in [1.807, 2.05) is 30.3 Å². The maximum absolute atomic E-state index is 12.3. The van der Waals surface area contributed by atoms with Gasteiger partial charge in [-0.05, 0) is 37.0 Å². The highest BCUT2D eigenvalue weighted by atomic mass is 32.1. The Hall–Kier alpha value is -1.94. The van der Waals surface area contributed by atoms with Crippen molar-refractivity contribution >= 4 is 23.3 Å². The molecule has 3 rings (SSSR count). The van der Waals surface area contributed by atoms with Gasteiger partial charge in [-0.2, -0.15) is 0 Å². The van der Waals surface area contributed by atoms with Gasteiger partial charge in [0.2, 0.25) is 5.91 Å². The lowest BCUT2D eigenvalue weighted by Crippen LogP contribution is -2.28. The summed E-state index contributed by atoms with van der Waals surface area (Å²) in [6.07, 6.45) is 5.47. The molecule has 0 radical (unpaired) electrons. The van der Waals surface area contributed by atoms with E-state index in [1.54, 1.807) is 23.5 Å². The molecule has 0 fully saturated rings. The highest BCUT2D eigenvalue weighted by molar-refractivity contribution is 7.09. The number of thiazole rings is 1. The molecule has 0 N–H and O–H groups in total. The van der Waals surface area contributed by atoms with E-state index in [9.17, 15) is 4.79 Å². The maximum Gasteiger partial charge on any atom is 0.246 e. The van der Waals surface area contributed by atoms with Gasteiger partial charge in [0.15, 0.2) is 0 Å². The third kappa shape index (κ3) is 2.90. The van der Waals surface area contributed by atoms with E-state index in [0.717, 1.165) is 23.5 Å². The topological polar surface area (TPSA) is 33.2 Å². The van der Waals surface area contributed by atoms with E-state index in [1.165, 1.54) is 11.1 Å². The Morgan fingerprint density at radius 3 is 3.00 bits per heavy atom. The lowest BCUT2D eigenvalue weighted by molar-refractivity contribution is -0.126. The van der Waals surface area contributed by atoms with Crippen molar-refractivity contribution in [2.45, 2.75) is 25.8 Å². The van der Waals surface area contributed by atoms with Crippen molar-refractivity contribution in [3.63, 3.8) is 0 Å². The van der Waals surface area contributed by atoms with Crippen LogP contribution < -0.4 is 0 Å². The Balaban J connectivity index is 1.72. The van der Waals surface area contributed by atoms with Crippen molar-refractivity contribution in [2.24, 2.45) is 0 Å². The molecule has 0 saturated heterocycles. The van der Waals surface area contributed by atoms with Gasteiger partial charge in [-0.15, -0.1) is 11.3 Å². The number of hydrogen-bond donors (Lipinski definition) is 0. The number of benzene rings is 1. The summed E-state index contributed by atoms with van der Waals surface area (Å²) in [6, 6.07) is 8.58. The number of aryl methyl sites for hydroxylation is 2. The Kier molecular flexibility index (Phi) is 3.88. The van der Waals surface area contributed by atoms with E-state index in [-0.39, 0.29) is 11.9 Å². The van der Waals surface area contributed by atoms with E-state index < -0.39 is 0 Å². The number of aromatic nitrogens is 1. The van der Waals surface area contributed by atoms with Crippen LogP contribution in [0.25, 0.3) is 6.08 Å². The molecule has 1 atom stereocenters. The second kappa shape index (κ2) is 5.82. The van der Waals surface area contributed by atoms with Crippen LogP contribution in [0.3, 0.4) is 0 Å². The fourth-order valence-electron chi connectivity index (χ4n) is 2.82. The number of amides is 1. The normalized spacial score (nSPS) is 17.1. The summed E-state index contributed by atoms with van der Waals surface area (Å²) >= 11 is 1.59. The first kappa shape index (κ1) is 14.0. The second-order valence-corrected chi connectivity index (χ2v) is 6.39. The molecular weight excluding hydrogens is 280 g/mol. The largest absolute Gasteiger partial charge is 0.335 e. The molecular formula is C17H18N2OS. The fraction of sp³-hybridized carbons (Fsp3) is 0.294. The number of carbonyl (C=O) groups excluding carboxylic acids is 1. The summed E-state index contributed by atoms with van der Waals surface area (Å²) < 4.78 is 0. The SMILES string of the molecule is Cc1nc(/C=C/C(=O)N(C)C2CCc3ccccc32)cs1. The summed E-state index contributed by atoms with van der Waals surface area (Å²) in [7, 11) is 1.88. The van der Waals surface area contributed by atoms with Crippen LogP contribution in [-0.2, 0) is 11.2 Å². The minimum atomic E-state index is 0.0300. The Labute approximate surface area is 128 Å². The molecule has 0 aliphatic heterocycles. The molecule has 0 spiro atoms. The van der Waals surface area contributed by atoms with Crippen LogP contribution in [-0.4, -0.2) is 22.8 Å². The predicted molar refractivity (Wildman–Crippen MR) is 86.2 cm³/mol. The van der Waals surface area contributed by atoms with Crippen molar-refractivity contribution in [1.82, 2.24) is 9.88 Å². The van der Waals surface area contributed by atoms with Gasteiger partial charge in [0, 0.05) is 18.5 Å². The minimum Gasteiger partial charge on any atom is -0.335 e. The molecule has 1 aliphatic rings. The summed E-state index contributed by atoms with van der Waals surface area (Å²) in [4.78, 5) is 18.5. The maximum atomic E-state index is 12.3. The van der Waals surface area contributed by atoms with Gasteiger partial charge in [-0.3, -0.25) is 4.79 Å². The summed E-state index contributed by atoms with van der Waals surface area (Å²) in [5, 5.41) is 2.98. The number of fused-ring (bicyclic) bond motifs is 1. The van der Waals surface area contributed by atoms with Crippen molar-refractivity contribution in [1.29, 1.82) is 0 Å². The number of nitrogens with zero attached hydrogens (tertiary/aromatic N) is 2. The van der Waals surface area contributed by atoms with Gasteiger partial charge in [0.1, 0.15) is 0 Å². The van der Waals surface area contributed by atoms with E-state index in [2.05, 4.69) is 23.2 Å². The molecule has 1 aliphatic carbocycles. The quantitative estimate of drug-likeness (QED) is 0.811. The molecule has 1 amide bonds. The van der Waals surface area contributed by atoms with Gasteiger partial charge in [-0.25, -0.2) is 4.98 Å². The Morgan fingerprint density at radius 1 is 1.43 bits per heavy atom. The van der Waals surface area contributed by atoms with Crippen LogP contribution in [0.15, 0.2) is 35.7 Å². The first-order valence-corrected chi connectivity index (χ1v) is 7.98. The fourth-order valence-corrected chi connectivity index (χ4v) is 3.40. The van der Waals surface area contributed by atoms with Gasteiger partial charge < -0.3 is 4.90 Å². The van der Waals surface area contributed by atoms with E-state index in [0.29, 0.717) is 0 Å². The average molecular weight is 298 g/mol. The van der Waals surface area contributed by atoms with Gasteiger partial charge in [0.25, 0.3) is 0 Å². The molecule has 108 valence electrons. The standard InChI is InChI=1S/C17H18N2OS/c1-12-18-14(11-21-12)8-10-17(20)19(2)16-9-7-13-5-3-4-6-15(13)16/h3-6,8,10-11,16H,7,9H2,1-2H3/b10-8+. The molecule has 0 saturated carbocycles. The van der Waals surface area contributed by atoms with Crippen LogP contribution in [0.1, 0.15) is 34.3 Å². The van der Waals surface area contributed by atoms with Crippen LogP contribution >= 0.6 is 11.3 Å². The average Bonchev–Trinajstić information content (AvgIpc) is 3.10. The Bertz CT molecular complexity index is 690. The third-order valence-corrected chi connectivity index (χ3v) is 4.74. The zero-order valence-electron chi connectivity index (χ0n) is 12.2. The highest BCUT2D eigenvalue weighted by Gasteiger charge is 2.27. The first-order chi connectivity index (χ1) is 10.1. The summed E-state index contributed by atoms with van der Waals surface area (Å²) in [5.41, 5.74) is 3.50. The van der Waals surface area contributed by atoms with Crippen LogP contribution in [0.2, 0.25) is 0 Å². The lowest BCUT2D eigenvalue weighted by Gasteiger charge is -2.24. The summed E-state index contributed by atoms with van der Waals surface area (Å²) in [6.45, 7) is 1.96. The van der Waals surface area contributed by atoms with Crippen molar-refractivity contribution in [3.8, 4) is 0 Å². The van der Waals surface area contributed by atoms with Crippen LogP contribution in [0.4, 0.5) is 0 Å². The van der Waals surface area contributed by atoms with Gasteiger partial charge >= 0.3 is 0 Å². The molecule has 1 aromatic carbocycles. The molecule has 1 unspecified atom stereocenters. The van der Waals surface area contributed by atoms with Crippen LogP contribution in [0, 0.1) is 6.92 Å². The second-order valence-electron chi connectivity index (χ2n) is 5.33. The predicted octanol–water partition coefficient (Wildman–Crippen LogP) is 3.61. The zero-order valence-corrected chi connectivity index (χ0v) is 13.1. The zero-order chi connectivity index (χ0) is 14.8. The molecule has 0 bridgehead atoms. The van der Waals surface area contributed by atoms with E-state index in [4.69, 9.17) is 0 Å². The number of likely N-dealkylation sites (N-methyl/N-ethyl adjacent to an activating group) is 1. The highest BCUT2D eigenvalue weighted by Crippen LogP contribution is 2.34. The smallest absolute Gasteiger partial charge is 0.246 e. The van der Waals surface area contributed by atoms with Crippen molar-refractivity contribution < 1.29 is 4.79 Å². The van der Waals surface area contributed by atoms with Gasteiger partial charge in [0.05, 0.1) is 16.7 Å². The monoisotopic (exact) mass is 298 g/mol. The van der Waals surface area contributed by atoms with Crippen molar-refractivity contribution in [3.05, 3.63) is 57.6 Å². The van der Waals surface area contributed by atoms with Crippen molar-refractivity contribution in [2.75, 3.05) is 7.05 Å². The summed E-state index contributed by atoms with van der Waals surface area (Å²) in [5.74, 6) is 0.0300. The van der Waals surface area contributed by atoms with Gasteiger partial charge in [-0.1, -0.05) is 24.3 Å².